The average molecular weight is 305 g/mol. The molecule has 1 aromatic rings. The van der Waals surface area contributed by atoms with Gasteiger partial charge in [-0.1, -0.05) is 15.9 Å². The zero-order chi connectivity index (χ0) is 13.1. The summed E-state index contributed by atoms with van der Waals surface area (Å²) < 4.78 is 19.3. The highest BCUT2D eigenvalue weighted by Crippen LogP contribution is 2.21. The van der Waals surface area contributed by atoms with Crippen LogP contribution in [0.25, 0.3) is 0 Å². The average Bonchev–Trinajstić information content (AvgIpc) is 2.24. The lowest BCUT2D eigenvalue weighted by molar-refractivity contribution is -0.0101. The molecule has 5 heteroatoms. The van der Waals surface area contributed by atoms with Gasteiger partial charge in [-0.2, -0.15) is 0 Å². The molecule has 3 nitrogen and oxygen atoms in total. The summed E-state index contributed by atoms with van der Waals surface area (Å²) in [6.07, 6.45) is 0.591. The van der Waals surface area contributed by atoms with Gasteiger partial charge in [0.15, 0.2) is 0 Å². The maximum atomic E-state index is 13.2. The molecule has 0 bridgehead atoms. The second-order valence-corrected chi connectivity index (χ2v) is 5.42. The molecule has 0 fully saturated rings. The van der Waals surface area contributed by atoms with Gasteiger partial charge >= 0.3 is 0 Å². The van der Waals surface area contributed by atoms with E-state index in [1.54, 1.807) is 7.11 Å². The van der Waals surface area contributed by atoms with E-state index in [1.807, 2.05) is 19.9 Å². The highest BCUT2D eigenvalue weighted by atomic mass is 79.9. The third-order valence-electron chi connectivity index (χ3n) is 2.93. The van der Waals surface area contributed by atoms with Gasteiger partial charge in [0.1, 0.15) is 5.82 Å². The number of halogens is 2. The summed E-state index contributed by atoms with van der Waals surface area (Å²) in [5, 5.41) is 0. The van der Waals surface area contributed by atoms with E-state index in [2.05, 4.69) is 21.4 Å². The monoisotopic (exact) mass is 304 g/mol. The standard InChI is InChI=1S/C12H18BrFN2O/c1-12(2,17-3)11(16-15)6-8-4-9(13)7-10(14)5-8/h4-5,7,11,16H,6,15H2,1-3H3. The van der Waals surface area contributed by atoms with E-state index in [0.717, 1.165) is 10.0 Å². The highest BCUT2D eigenvalue weighted by Gasteiger charge is 2.28. The van der Waals surface area contributed by atoms with Crippen LogP contribution in [0.3, 0.4) is 0 Å². The maximum Gasteiger partial charge on any atom is 0.124 e. The minimum atomic E-state index is -0.423. The number of rotatable bonds is 5. The van der Waals surface area contributed by atoms with E-state index in [1.165, 1.54) is 12.1 Å². The molecule has 0 saturated carbocycles. The van der Waals surface area contributed by atoms with Gasteiger partial charge in [-0.15, -0.1) is 0 Å². The van der Waals surface area contributed by atoms with Crippen molar-refractivity contribution < 1.29 is 9.13 Å². The molecule has 1 rings (SSSR count). The number of benzene rings is 1. The summed E-state index contributed by atoms with van der Waals surface area (Å²) in [6, 6.07) is 4.71. The molecule has 0 aliphatic carbocycles. The zero-order valence-corrected chi connectivity index (χ0v) is 11.8. The lowest BCUT2D eigenvalue weighted by atomic mass is 9.93. The topological polar surface area (TPSA) is 47.3 Å². The smallest absolute Gasteiger partial charge is 0.124 e. The van der Waals surface area contributed by atoms with Crippen LogP contribution in [0.1, 0.15) is 19.4 Å². The van der Waals surface area contributed by atoms with Crippen molar-refractivity contribution in [1.82, 2.24) is 5.43 Å². The molecule has 0 spiro atoms. The molecule has 0 radical (unpaired) electrons. The Morgan fingerprint density at radius 2 is 2.12 bits per heavy atom. The van der Waals surface area contributed by atoms with E-state index < -0.39 is 5.60 Å². The van der Waals surface area contributed by atoms with Crippen LogP contribution >= 0.6 is 15.9 Å². The van der Waals surface area contributed by atoms with Gasteiger partial charge in [0.25, 0.3) is 0 Å². The van der Waals surface area contributed by atoms with Crippen LogP contribution in [0.4, 0.5) is 4.39 Å². The van der Waals surface area contributed by atoms with E-state index in [0.29, 0.717) is 6.42 Å². The first-order valence-electron chi connectivity index (χ1n) is 5.35. The van der Waals surface area contributed by atoms with Crippen molar-refractivity contribution in [1.29, 1.82) is 0 Å². The van der Waals surface area contributed by atoms with Crippen molar-refractivity contribution >= 4 is 15.9 Å². The quantitative estimate of drug-likeness (QED) is 0.648. The van der Waals surface area contributed by atoms with Crippen LogP contribution in [0.5, 0.6) is 0 Å². The Balaban J connectivity index is 2.88. The summed E-state index contributed by atoms with van der Waals surface area (Å²) in [5.41, 5.74) is 3.16. The Morgan fingerprint density at radius 3 is 2.59 bits per heavy atom. The van der Waals surface area contributed by atoms with E-state index >= 15 is 0 Å². The first-order chi connectivity index (χ1) is 7.89. The van der Waals surface area contributed by atoms with E-state index in [9.17, 15) is 4.39 Å². The van der Waals surface area contributed by atoms with Crippen molar-refractivity contribution in [3.8, 4) is 0 Å². The van der Waals surface area contributed by atoms with Gasteiger partial charge in [0.2, 0.25) is 0 Å². The van der Waals surface area contributed by atoms with Gasteiger partial charge in [-0.3, -0.25) is 11.3 Å². The molecule has 0 saturated heterocycles. The van der Waals surface area contributed by atoms with Crippen molar-refractivity contribution in [2.24, 2.45) is 5.84 Å². The molecule has 0 amide bonds. The van der Waals surface area contributed by atoms with Gasteiger partial charge < -0.3 is 4.74 Å². The van der Waals surface area contributed by atoms with E-state index in [4.69, 9.17) is 10.6 Å². The molecular weight excluding hydrogens is 287 g/mol. The maximum absolute atomic E-state index is 13.2. The number of hydrogen-bond acceptors (Lipinski definition) is 3. The van der Waals surface area contributed by atoms with E-state index in [-0.39, 0.29) is 11.9 Å². The second-order valence-electron chi connectivity index (χ2n) is 4.51. The summed E-state index contributed by atoms with van der Waals surface area (Å²) >= 11 is 3.27. The largest absolute Gasteiger partial charge is 0.377 e. The van der Waals surface area contributed by atoms with Crippen LogP contribution < -0.4 is 11.3 Å². The molecule has 0 aliphatic rings. The lowest BCUT2D eigenvalue weighted by Gasteiger charge is -2.32. The van der Waals surface area contributed by atoms with Gasteiger partial charge in [0.05, 0.1) is 11.6 Å². The summed E-state index contributed by atoms with van der Waals surface area (Å²) in [5.74, 6) is 5.26. The minimum absolute atomic E-state index is 0.0961. The number of nitrogens with two attached hydrogens (primary N) is 1. The fourth-order valence-electron chi connectivity index (χ4n) is 1.61. The molecule has 1 unspecified atom stereocenters. The fraction of sp³-hybridized carbons (Fsp3) is 0.500. The van der Waals surface area contributed by atoms with Crippen molar-refractivity contribution in [3.63, 3.8) is 0 Å². The van der Waals surface area contributed by atoms with Crippen molar-refractivity contribution in [3.05, 3.63) is 34.1 Å². The second kappa shape index (κ2) is 5.91. The fourth-order valence-corrected chi connectivity index (χ4v) is 2.12. The Bertz CT molecular complexity index is 365. The van der Waals surface area contributed by atoms with Crippen molar-refractivity contribution in [2.75, 3.05) is 7.11 Å². The number of hydrazine groups is 1. The summed E-state index contributed by atoms with van der Waals surface area (Å²) in [4.78, 5) is 0. The molecule has 0 aliphatic heterocycles. The Kier molecular flexibility index (Phi) is 5.06. The Hall–Kier alpha value is -0.490. The first kappa shape index (κ1) is 14.6. The van der Waals surface area contributed by atoms with Gasteiger partial charge in [0, 0.05) is 11.6 Å². The normalized spacial score (nSPS) is 13.8. The molecule has 1 atom stereocenters. The SMILES string of the molecule is COC(C)(C)C(Cc1cc(F)cc(Br)c1)NN. The zero-order valence-electron chi connectivity index (χ0n) is 10.3. The van der Waals surface area contributed by atoms with Crippen LogP contribution in [-0.4, -0.2) is 18.8 Å². The van der Waals surface area contributed by atoms with Crippen molar-refractivity contribution in [2.45, 2.75) is 31.9 Å². The van der Waals surface area contributed by atoms with Crippen LogP contribution in [0.2, 0.25) is 0 Å². The lowest BCUT2D eigenvalue weighted by Crippen LogP contribution is -2.52. The predicted octanol–water partition coefficient (Wildman–Crippen LogP) is 2.39. The van der Waals surface area contributed by atoms with Gasteiger partial charge in [-0.05, 0) is 44.0 Å². The molecule has 96 valence electrons. The van der Waals surface area contributed by atoms with Crippen LogP contribution in [0.15, 0.2) is 22.7 Å². The number of methoxy groups -OCH3 is 1. The highest BCUT2D eigenvalue weighted by molar-refractivity contribution is 9.10. The number of hydrogen-bond donors (Lipinski definition) is 2. The third kappa shape index (κ3) is 4.03. The third-order valence-corrected chi connectivity index (χ3v) is 3.39. The summed E-state index contributed by atoms with van der Waals surface area (Å²) in [6.45, 7) is 3.87. The first-order valence-corrected chi connectivity index (χ1v) is 6.14. The molecule has 17 heavy (non-hydrogen) atoms. The molecule has 0 heterocycles. The Morgan fingerprint density at radius 1 is 1.47 bits per heavy atom. The van der Waals surface area contributed by atoms with Crippen LogP contribution in [-0.2, 0) is 11.2 Å². The molecule has 0 aromatic heterocycles. The van der Waals surface area contributed by atoms with Gasteiger partial charge in [-0.25, -0.2) is 4.39 Å². The summed E-state index contributed by atoms with van der Waals surface area (Å²) in [7, 11) is 1.63. The molecule has 1 aromatic carbocycles. The minimum Gasteiger partial charge on any atom is -0.377 e. The number of ether oxygens (including phenoxy) is 1. The number of nitrogens with one attached hydrogen (secondary N) is 1. The predicted molar refractivity (Wildman–Crippen MR) is 70.0 cm³/mol. The van der Waals surface area contributed by atoms with Crippen LogP contribution in [0, 0.1) is 5.82 Å². The molecule has 3 N–H and O–H groups in total. The molecular formula is C12H18BrFN2O. The Labute approximate surface area is 110 Å².